The van der Waals surface area contributed by atoms with E-state index in [1.807, 2.05) is 0 Å². The molecular formula is C13H17FN4O2S. The molecule has 0 radical (unpaired) electrons. The van der Waals surface area contributed by atoms with Gasteiger partial charge in [0.1, 0.15) is 11.6 Å². The molecule has 0 amide bonds. The quantitative estimate of drug-likeness (QED) is 0.750. The van der Waals surface area contributed by atoms with Crippen molar-refractivity contribution in [3.63, 3.8) is 0 Å². The molecule has 114 valence electrons. The normalized spacial score (nSPS) is 13.3. The third-order valence-corrected chi connectivity index (χ3v) is 4.49. The molecule has 21 heavy (non-hydrogen) atoms. The summed E-state index contributed by atoms with van der Waals surface area (Å²) >= 11 is 0. The third-order valence-electron chi connectivity index (χ3n) is 2.96. The summed E-state index contributed by atoms with van der Waals surface area (Å²) in [6.07, 6.45) is 3.16. The molecule has 0 aliphatic heterocycles. The highest BCUT2D eigenvalue weighted by Gasteiger charge is 2.20. The summed E-state index contributed by atoms with van der Waals surface area (Å²) in [4.78, 5) is 6.87. The van der Waals surface area contributed by atoms with E-state index >= 15 is 0 Å². The number of nitrogens with zero attached hydrogens (tertiary/aromatic N) is 1. The van der Waals surface area contributed by atoms with Gasteiger partial charge in [-0.05, 0) is 32.2 Å². The number of nitrogens with one attached hydrogen (secondary N) is 3. The lowest BCUT2D eigenvalue weighted by molar-refractivity contribution is 0.559. The van der Waals surface area contributed by atoms with Crippen molar-refractivity contribution in [2.75, 3.05) is 7.05 Å². The van der Waals surface area contributed by atoms with Crippen molar-refractivity contribution in [3.8, 4) is 0 Å². The molecule has 1 aromatic heterocycles. The van der Waals surface area contributed by atoms with E-state index in [-0.39, 0.29) is 11.4 Å². The maximum absolute atomic E-state index is 13.6. The minimum absolute atomic E-state index is 0.0209. The van der Waals surface area contributed by atoms with Gasteiger partial charge in [-0.2, -0.15) is 0 Å². The molecule has 8 heteroatoms. The summed E-state index contributed by atoms with van der Waals surface area (Å²) in [5.74, 6) is 0.0681. The molecule has 6 nitrogen and oxygen atoms in total. The smallest absolute Gasteiger partial charge is 0.241 e. The maximum Gasteiger partial charge on any atom is 0.241 e. The number of halogens is 1. The first-order valence-corrected chi connectivity index (χ1v) is 7.87. The van der Waals surface area contributed by atoms with Crippen LogP contribution < -0.4 is 10.0 Å². The van der Waals surface area contributed by atoms with E-state index in [0.717, 1.165) is 6.07 Å². The molecule has 1 aromatic carbocycles. The Kier molecular flexibility index (Phi) is 4.71. The third kappa shape index (κ3) is 3.66. The Morgan fingerprint density at radius 3 is 2.81 bits per heavy atom. The number of aromatic nitrogens is 2. The zero-order valence-electron chi connectivity index (χ0n) is 11.7. The van der Waals surface area contributed by atoms with Crippen LogP contribution in [0.3, 0.4) is 0 Å². The minimum Gasteiger partial charge on any atom is -0.347 e. The lowest BCUT2D eigenvalue weighted by atomic mass is 10.2. The van der Waals surface area contributed by atoms with E-state index in [0.29, 0.717) is 11.4 Å². The summed E-state index contributed by atoms with van der Waals surface area (Å²) in [6, 6.07) is 3.20. The average molecular weight is 312 g/mol. The largest absolute Gasteiger partial charge is 0.347 e. The molecule has 1 atom stereocenters. The van der Waals surface area contributed by atoms with Gasteiger partial charge in [-0.1, -0.05) is 0 Å². The summed E-state index contributed by atoms with van der Waals surface area (Å²) in [5, 5.41) is 2.80. The second-order valence-electron chi connectivity index (χ2n) is 4.60. The first-order chi connectivity index (χ1) is 9.94. The molecule has 0 fully saturated rings. The summed E-state index contributed by atoms with van der Waals surface area (Å²) in [6.45, 7) is 1.93. The number of sulfonamides is 1. The second kappa shape index (κ2) is 6.33. The first-order valence-electron chi connectivity index (χ1n) is 6.38. The van der Waals surface area contributed by atoms with Crippen molar-refractivity contribution in [1.29, 1.82) is 0 Å². The van der Waals surface area contributed by atoms with Crippen LogP contribution in [0.15, 0.2) is 35.5 Å². The van der Waals surface area contributed by atoms with Crippen molar-refractivity contribution in [2.24, 2.45) is 0 Å². The lowest BCUT2D eigenvalue weighted by Gasteiger charge is -2.13. The Balaban J connectivity index is 2.25. The van der Waals surface area contributed by atoms with E-state index in [4.69, 9.17) is 0 Å². The molecule has 3 N–H and O–H groups in total. The molecular weight excluding hydrogens is 295 g/mol. The maximum atomic E-state index is 13.6. The van der Waals surface area contributed by atoms with Crippen LogP contribution in [0.1, 0.15) is 24.4 Å². The van der Waals surface area contributed by atoms with Crippen LogP contribution >= 0.6 is 0 Å². The van der Waals surface area contributed by atoms with Gasteiger partial charge in [-0.25, -0.2) is 22.5 Å². The Bertz CT molecular complexity index is 701. The number of rotatable bonds is 6. The van der Waals surface area contributed by atoms with Gasteiger partial charge < -0.3 is 10.3 Å². The molecule has 0 aliphatic rings. The van der Waals surface area contributed by atoms with Crippen LogP contribution in [0.25, 0.3) is 0 Å². The molecule has 0 spiro atoms. The van der Waals surface area contributed by atoms with Crippen molar-refractivity contribution >= 4 is 10.0 Å². The van der Waals surface area contributed by atoms with Crippen molar-refractivity contribution in [3.05, 3.63) is 47.8 Å². The van der Waals surface area contributed by atoms with Crippen molar-refractivity contribution in [2.45, 2.75) is 24.4 Å². The van der Waals surface area contributed by atoms with E-state index in [2.05, 4.69) is 20.0 Å². The van der Waals surface area contributed by atoms with Crippen LogP contribution in [0.4, 0.5) is 4.39 Å². The van der Waals surface area contributed by atoms with Crippen LogP contribution in [0.2, 0.25) is 0 Å². The number of benzene rings is 1. The number of imidazole rings is 1. The van der Waals surface area contributed by atoms with E-state index in [1.165, 1.54) is 12.1 Å². The summed E-state index contributed by atoms with van der Waals surface area (Å²) < 4.78 is 40.7. The molecule has 1 heterocycles. The molecule has 2 rings (SSSR count). The lowest BCUT2D eigenvalue weighted by Crippen LogP contribution is -2.27. The standard InChI is InChI=1S/C13H17FN4O2S/c1-9(13-16-5-6-17-13)18-21(19,20)11-3-4-12(14)10(7-11)8-15-2/h3-7,9,15,18H,8H2,1-2H3,(H,16,17). The van der Waals surface area contributed by atoms with Gasteiger partial charge in [0.25, 0.3) is 0 Å². The molecule has 0 saturated heterocycles. The van der Waals surface area contributed by atoms with Crippen LogP contribution in [0.5, 0.6) is 0 Å². The van der Waals surface area contributed by atoms with Crippen LogP contribution in [-0.2, 0) is 16.6 Å². The SMILES string of the molecule is CNCc1cc(S(=O)(=O)NC(C)c2ncc[nH]2)ccc1F. The predicted octanol–water partition coefficient (Wildman–Crippen LogP) is 1.31. The Morgan fingerprint density at radius 1 is 1.43 bits per heavy atom. The zero-order valence-corrected chi connectivity index (χ0v) is 12.5. The van der Waals surface area contributed by atoms with E-state index in [1.54, 1.807) is 26.4 Å². The molecule has 0 aliphatic carbocycles. The van der Waals surface area contributed by atoms with Gasteiger partial charge >= 0.3 is 0 Å². The zero-order chi connectivity index (χ0) is 15.5. The van der Waals surface area contributed by atoms with Crippen LogP contribution in [0, 0.1) is 5.82 Å². The average Bonchev–Trinajstić information content (AvgIpc) is 2.95. The Labute approximate surface area is 122 Å². The van der Waals surface area contributed by atoms with Crippen LogP contribution in [-0.4, -0.2) is 25.4 Å². The number of hydrogen-bond acceptors (Lipinski definition) is 4. The highest BCUT2D eigenvalue weighted by Crippen LogP contribution is 2.17. The highest BCUT2D eigenvalue weighted by atomic mass is 32.2. The predicted molar refractivity (Wildman–Crippen MR) is 76.5 cm³/mol. The summed E-state index contributed by atoms with van der Waals surface area (Å²) in [5.41, 5.74) is 0.297. The van der Waals surface area contributed by atoms with Gasteiger partial charge in [-0.3, -0.25) is 0 Å². The summed E-state index contributed by atoms with van der Waals surface area (Å²) in [7, 11) is -2.08. The Morgan fingerprint density at radius 2 is 2.19 bits per heavy atom. The van der Waals surface area contributed by atoms with Crippen molar-refractivity contribution in [1.82, 2.24) is 20.0 Å². The van der Waals surface area contributed by atoms with Gasteiger partial charge in [0, 0.05) is 24.5 Å². The number of H-pyrrole nitrogens is 1. The Hall–Kier alpha value is -1.77. The minimum atomic E-state index is -3.75. The molecule has 1 unspecified atom stereocenters. The number of hydrogen-bond donors (Lipinski definition) is 3. The van der Waals surface area contributed by atoms with Gasteiger partial charge in [0.05, 0.1) is 10.9 Å². The van der Waals surface area contributed by atoms with E-state index in [9.17, 15) is 12.8 Å². The van der Waals surface area contributed by atoms with Gasteiger partial charge in [0.2, 0.25) is 10.0 Å². The van der Waals surface area contributed by atoms with Crippen molar-refractivity contribution < 1.29 is 12.8 Å². The number of aromatic amines is 1. The molecule has 0 saturated carbocycles. The van der Waals surface area contributed by atoms with E-state index < -0.39 is 21.9 Å². The van der Waals surface area contributed by atoms with Gasteiger partial charge in [-0.15, -0.1) is 0 Å². The fourth-order valence-electron chi connectivity index (χ4n) is 1.92. The monoisotopic (exact) mass is 312 g/mol. The molecule has 0 bridgehead atoms. The van der Waals surface area contributed by atoms with Gasteiger partial charge in [0.15, 0.2) is 0 Å². The fraction of sp³-hybridized carbons (Fsp3) is 0.308. The molecule has 2 aromatic rings. The highest BCUT2D eigenvalue weighted by molar-refractivity contribution is 7.89. The first kappa shape index (κ1) is 15.6. The second-order valence-corrected chi connectivity index (χ2v) is 6.31. The fourth-order valence-corrected chi connectivity index (χ4v) is 3.17. The topological polar surface area (TPSA) is 86.9 Å².